The first-order chi connectivity index (χ1) is 27.4. The molecule has 1 saturated heterocycles. The summed E-state index contributed by atoms with van der Waals surface area (Å²) in [6, 6.07) is 6.83. The third kappa shape index (κ3) is 5.07. The third-order valence-corrected chi connectivity index (χ3v) is 12.4. The van der Waals surface area contributed by atoms with Crippen molar-refractivity contribution >= 4 is 51.7 Å². The van der Waals surface area contributed by atoms with Crippen molar-refractivity contribution < 1.29 is 46.1 Å². The van der Waals surface area contributed by atoms with Gasteiger partial charge in [0.15, 0.2) is 44.5 Å². The zero-order valence-electron chi connectivity index (χ0n) is 30.2. The molecule has 2 fully saturated rings. The van der Waals surface area contributed by atoms with Crippen molar-refractivity contribution in [2.75, 3.05) is 19.1 Å². The average Bonchev–Trinajstić information content (AvgIpc) is 3.53. The van der Waals surface area contributed by atoms with Crippen LogP contribution in [0.15, 0.2) is 62.4 Å². The molecule has 3 aromatic carbocycles. The number of phenolic OH excluding ortho intramolecular Hbond substituents is 1. The number of fused-ring (bicyclic) bond motifs is 5. The molecule has 4 unspecified atom stereocenters. The maximum atomic E-state index is 15.3. The summed E-state index contributed by atoms with van der Waals surface area (Å²) >= 11 is 14.2. The van der Waals surface area contributed by atoms with Crippen molar-refractivity contribution in [3.8, 4) is 17.2 Å². The van der Waals surface area contributed by atoms with Gasteiger partial charge in [-0.15, -0.1) is 23.2 Å². The van der Waals surface area contributed by atoms with E-state index >= 15 is 8.78 Å². The van der Waals surface area contributed by atoms with Gasteiger partial charge in [0.05, 0.1) is 37.8 Å². The van der Waals surface area contributed by atoms with E-state index in [0.717, 1.165) is 20.0 Å². The number of halogens is 7. The van der Waals surface area contributed by atoms with Crippen LogP contribution in [0.4, 0.5) is 27.6 Å². The van der Waals surface area contributed by atoms with Gasteiger partial charge < -0.3 is 19.1 Å². The molecule has 4 atom stereocenters. The number of imide groups is 1. The fourth-order valence-electron chi connectivity index (χ4n) is 8.24. The molecule has 14 nitrogen and oxygen atoms in total. The van der Waals surface area contributed by atoms with Gasteiger partial charge in [0.1, 0.15) is 17.1 Å². The van der Waals surface area contributed by atoms with Crippen LogP contribution in [0.3, 0.4) is 0 Å². The van der Waals surface area contributed by atoms with E-state index in [4.69, 9.17) is 32.7 Å². The van der Waals surface area contributed by atoms with Crippen LogP contribution in [0.25, 0.3) is 11.0 Å². The Hall–Kier alpha value is -5.95. The Morgan fingerprint density at radius 2 is 1.52 bits per heavy atom. The van der Waals surface area contributed by atoms with Gasteiger partial charge in [-0.3, -0.25) is 14.4 Å². The fraction of sp³-hybridized carbons (Fsp3) is 0.297. The highest BCUT2D eigenvalue weighted by atomic mass is 35.5. The van der Waals surface area contributed by atoms with Crippen molar-refractivity contribution in [2.45, 2.75) is 47.6 Å². The fourth-order valence-corrected chi connectivity index (χ4v) is 9.15. The molecule has 3 aliphatic rings. The Morgan fingerprint density at radius 1 is 0.879 bits per heavy atom. The van der Waals surface area contributed by atoms with Crippen molar-refractivity contribution in [1.82, 2.24) is 23.5 Å². The van der Waals surface area contributed by atoms with Crippen molar-refractivity contribution in [3.63, 3.8) is 0 Å². The molecule has 1 N–H and O–H groups in total. The first kappa shape index (κ1) is 38.9. The molecule has 58 heavy (non-hydrogen) atoms. The van der Waals surface area contributed by atoms with E-state index in [0.29, 0.717) is 22.5 Å². The number of carbonyl (C=O) groups is 2. The van der Waals surface area contributed by atoms with Crippen LogP contribution >= 0.6 is 23.2 Å². The standard InChI is InChI=1S/C37H27Cl2F5N6O8/c1-46-20-13-23(58-3)22(57-2)12-19(20)45-18(31(46)52)8-9-47-34(55)48-10-7-17-21(50(48)35(47)56)14-36(38)32(53)49(30-28(43)26(41)25(40)27(42)29(30)44)33(54)37(36,39)24(17)15-5-4-6-16(51)11-15/h4-7,11-13,21,24,51H,8-10,14H2,1-3H3. The molecule has 4 heterocycles. The minimum absolute atomic E-state index is 0.00661. The average molecular weight is 850 g/mol. The number of aromatic hydroxyl groups is 1. The first-order valence-corrected chi connectivity index (χ1v) is 18.0. The molecule has 5 aromatic rings. The summed E-state index contributed by atoms with van der Waals surface area (Å²) in [6.07, 6.45) is 0.393. The summed E-state index contributed by atoms with van der Waals surface area (Å²) < 4.78 is 88.3. The highest BCUT2D eigenvalue weighted by Gasteiger charge is 2.76. The Balaban J connectivity index is 1.25. The summed E-state index contributed by atoms with van der Waals surface area (Å²) in [4.78, 5) is 68.8. The maximum absolute atomic E-state index is 15.3. The lowest BCUT2D eigenvalue weighted by atomic mass is 9.64. The van der Waals surface area contributed by atoms with Gasteiger partial charge in [-0.25, -0.2) is 55.4 Å². The van der Waals surface area contributed by atoms with E-state index in [2.05, 4.69) is 4.98 Å². The lowest BCUT2D eigenvalue weighted by molar-refractivity contribution is -0.122. The summed E-state index contributed by atoms with van der Waals surface area (Å²) in [5.41, 5.74) is -3.43. The van der Waals surface area contributed by atoms with Crippen LogP contribution in [0.1, 0.15) is 29.6 Å². The molecule has 0 bridgehead atoms. The Morgan fingerprint density at radius 3 is 2.16 bits per heavy atom. The second-order valence-corrected chi connectivity index (χ2v) is 15.1. The topological polar surface area (TPSA) is 160 Å². The lowest BCUT2D eigenvalue weighted by Gasteiger charge is -2.49. The van der Waals surface area contributed by atoms with Crippen LogP contribution < -0.4 is 31.3 Å². The predicted octanol–water partition coefficient (Wildman–Crippen LogP) is 3.92. The molecular formula is C37H27Cl2F5N6O8. The minimum atomic E-state index is -2.78. The highest BCUT2D eigenvalue weighted by molar-refractivity contribution is 6.58. The Bertz CT molecular complexity index is 2860. The number of rotatable bonds is 7. The van der Waals surface area contributed by atoms with Gasteiger partial charge in [0.2, 0.25) is 5.82 Å². The van der Waals surface area contributed by atoms with Gasteiger partial charge in [0.25, 0.3) is 17.4 Å². The summed E-state index contributed by atoms with van der Waals surface area (Å²) in [5.74, 6) is -17.1. The largest absolute Gasteiger partial charge is 0.508 e. The molecule has 2 aliphatic heterocycles. The van der Waals surface area contributed by atoms with Crippen molar-refractivity contribution in [3.05, 3.63) is 120 Å². The van der Waals surface area contributed by atoms with Crippen molar-refractivity contribution in [2.24, 2.45) is 7.05 Å². The lowest BCUT2D eigenvalue weighted by Crippen LogP contribution is -2.59. The number of hydrogen-bond donors (Lipinski definition) is 1. The van der Waals surface area contributed by atoms with Gasteiger partial charge in [0, 0.05) is 44.5 Å². The van der Waals surface area contributed by atoms with Crippen LogP contribution in [-0.2, 0) is 36.1 Å². The van der Waals surface area contributed by atoms with E-state index in [1.807, 2.05) is 0 Å². The van der Waals surface area contributed by atoms with E-state index in [1.54, 1.807) is 12.1 Å². The van der Waals surface area contributed by atoms with E-state index < -0.39 is 91.7 Å². The maximum Gasteiger partial charge on any atom is 0.347 e. The van der Waals surface area contributed by atoms with Crippen LogP contribution in [0.5, 0.6) is 17.2 Å². The quantitative estimate of drug-likeness (QED) is 0.0640. The van der Waals surface area contributed by atoms with Crippen LogP contribution in [0.2, 0.25) is 0 Å². The van der Waals surface area contributed by atoms with Gasteiger partial charge in [-0.05, 0) is 23.3 Å². The number of aryl methyl sites for hydroxylation is 2. The summed E-state index contributed by atoms with van der Waals surface area (Å²) in [5, 5.41) is 10.5. The number of amides is 2. The van der Waals surface area contributed by atoms with Gasteiger partial charge >= 0.3 is 11.4 Å². The van der Waals surface area contributed by atoms with Crippen LogP contribution in [-0.4, -0.2) is 64.4 Å². The molecule has 2 aromatic heterocycles. The predicted molar refractivity (Wildman–Crippen MR) is 195 cm³/mol. The summed E-state index contributed by atoms with van der Waals surface area (Å²) in [7, 11) is 4.35. The minimum Gasteiger partial charge on any atom is -0.508 e. The number of nitrogens with zero attached hydrogens (tertiary/aromatic N) is 6. The molecule has 8 rings (SSSR count). The molecular weight excluding hydrogens is 822 g/mol. The zero-order chi connectivity index (χ0) is 41.9. The van der Waals surface area contributed by atoms with E-state index in [-0.39, 0.29) is 47.0 Å². The molecule has 0 spiro atoms. The molecule has 1 aliphatic carbocycles. The zero-order valence-corrected chi connectivity index (χ0v) is 31.7. The number of methoxy groups -OCH3 is 2. The monoisotopic (exact) mass is 848 g/mol. The third-order valence-electron chi connectivity index (χ3n) is 11.0. The second kappa shape index (κ2) is 13.3. The number of aromatic nitrogens is 5. The number of alkyl halides is 2. The number of carbonyl (C=O) groups excluding carboxylic acids is 2. The van der Waals surface area contributed by atoms with Crippen LogP contribution in [0, 0.1) is 29.1 Å². The molecule has 0 radical (unpaired) electrons. The number of ether oxygens (including phenoxy) is 2. The Kier molecular flexibility index (Phi) is 8.92. The molecule has 1 saturated carbocycles. The number of phenols is 1. The number of hydrogen-bond acceptors (Lipinski definition) is 9. The highest BCUT2D eigenvalue weighted by Crippen LogP contribution is 2.64. The normalized spacial score (nSPS) is 22.5. The Labute approximate surface area is 331 Å². The van der Waals surface area contributed by atoms with Crippen molar-refractivity contribution in [1.29, 1.82) is 0 Å². The molecule has 2 amide bonds. The number of benzene rings is 3. The second-order valence-electron chi connectivity index (χ2n) is 13.8. The van der Waals surface area contributed by atoms with E-state index in [1.165, 1.54) is 50.1 Å². The number of allylic oxidation sites excluding steroid dienone is 2. The van der Waals surface area contributed by atoms with Gasteiger partial charge in [-0.1, -0.05) is 18.2 Å². The smallest absolute Gasteiger partial charge is 0.347 e. The number of anilines is 1. The SMILES string of the molecule is COc1cc2nc(CCn3c(=O)n4n(c3=O)C3CC5(Cl)C(=O)N(c6c(F)c(F)c(F)c(F)c6F)C(=O)C5(Cl)C(c5cccc(O)c5)C3=CC4)c(=O)n(C)c2cc1OC. The molecule has 21 heteroatoms. The first-order valence-electron chi connectivity index (χ1n) is 17.2. The van der Waals surface area contributed by atoms with Gasteiger partial charge in [-0.2, -0.15) is 0 Å². The molecule has 302 valence electrons. The van der Waals surface area contributed by atoms with E-state index in [9.17, 15) is 42.3 Å². The summed E-state index contributed by atoms with van der Waals surface area (Å²) in [6.45, 7) is -0.702.